The standard InChI is InChI=1S/C26H34N4O3S/c31-34(32,22-9-7-21(8-10-22)33-17-3-14-30-15-12-27-13-16-30)28-19-20-6-11-26-24(18-20)23-4-1-2-5-25(23)29-26/h1-2,4-5,7-10,20,27-29H,3,6,11-19H2. The van der Waals surface area contributed by atoms with Crippen LogP contribution < -0.4 is 14.8 Å². The van der Waals surface area contributed by atoms with Crippen molar-refractivity contribution in [3.05, 3.63) is 59.8 Å². The van der Waals surface area contributed by atoms with E-state index in [-0.39, 0.29) is 4.90 Å². The van der Waals surface area contributed by atoms with Gasteiger partial charge in [0.15, 0.2) is 0 Å². The molecule has 0 amide bonds. The molecule has 1 aliphatic carbocycles. The van der Waals surface area contributed by atoms with Crippen LogP contribution in [0.4, 0.5) is 0 Å². The number of fused-ring (bicyclic) bond motifs is 3. The number of ether oxygens (including phenoxy) is 1. The zero-order valence-corrected chi connectivity index (χ0v) is 20.4. The van der Waals surface area contributed by atoms with Gasteiger partial charge in [-0.1, -0.05) is 18.2 Å². The molecule has 182 valence electrons. The molecule has 1 atom stereocenters. The number of piperazine rings is 1. The van der Waals surface area contributed by atoms with Crippen LogP contribution in [-0.2, 0) is 22.9 Å². The highest BCUT2D eigenvalue weighted by atomic mass is 32.2. The minimum absolute atomic E-state index is 0.282. The van der Waals surface area contributed by atoms with Gasteiger partial charge in [-0.2, -0.15) is 0 Å². The van der Waals surface area contributed by atoms with Crippen molar-refractivity contribution < 1.29 is 13.2 Å². The minimum atomic E-state index is -3.55. The Labute approximate surface area is 201 Å². The molecule has 1 aromatic heterocycles. The molecule has 2 aromatic carbocycles. The molecule has 2 aliphatic rings. The molecule has 8 heteroatoms. The fraction of sp³-hybridized carbons (Fsp3) is 0.462. The first-order valence-electron chi connectivity index (χ1n) is 12.3. The summed E-state index contributed by atoms with van der Waals surface area (Å²) in [4.78, 5) is 6.24. The first-order valence-corrected chi connectivity index (χ1v) is 13.8. The zero-order chi connectivity index (χ0) is 23.4. The Morgan fingerprint density at radius 3 is 2.68 bits per heavy atom. The molecule has 3 N–H and O–H groups in total. The average molecular weight is 483 g/mol. The maximum absolute atomic E-state index is 12.9. The summed E-state index contributed by atoms with van der Waals surface area (Å²) in [6, 6.07) is 15.1. The third-order valence-electron chi connectivity index (χ3n) is 6.99. The summed E-state index contributed by atoms with van der Waals surface area (Å²) >= 11 is 0. The lowest BCUT2D eigenvalue weighted by molar-refractivity contribution is 0.214. The Kier molecular flexibility index (Phi) is 7.20. The SMILES string of the molecule is O=S(=O)(NCC1CCc2[nH]c3ccccc3c2C1)c1ccc(OCCCN2CCNCC2)cc1. The second-order valence-corrected chi connectivity index (χ2v) is 11.1. The summed E-state index contributed by atoms with van der Waals surface area (Å²) in [6.45, 7) is 6.38. The molecule has 1 fully saturated rings. The quantitative estimate of drug-likeness (QED) is 0.408. The molecule has 1 saturated heterocycles. The van der Waals surface area contributed by atoms with Crippen molar-refractivity contribution in [1.29, 1.82) is 0 Å². The summed E-state index contributed by atoms with van der Waals surface area (Å²) < 4.78 is 34.4. The van der Waals surface area contributed by atoms with Gasteiger partial charge in [-0.3, -0.25) is 0 Å². The van der Waals surface area contributed by atoms with Gasteiger partial charge in [0.25, 0.3) is 0 Å². The molecule has 1 aliphatic heterocycles. The normalized spacial score (nSPS) is 19.2. The smallest absolute Gasteiger partial charge is 0.240 e. The Hall–Kier alpha value is -2.39. The van der Waals surface area contributed by atoms with E-state index in [1.165, 1.54) is 22.2 Å². The molecule has 0 radical (unpaired) electrons. The van der Waals surface area contributed by atoms with E-state index in [4.69, 9.17) is 4.74 Å². The number of para-hydroxylation sites is 1. The fourth-order valence-electron chi connectivity index (χ4n) is 5.05. The van der Waals surface area contributed by atoms with Crippen LogP contribution in [0, 0.1) is 5.92 Å². The molecular weight excluding hydrogens is 448 g/mol. The van der Waals surface area contributed by atoms with Crippen molar-refractivity contribution >= 4 is 20.9 Å². The summed E-state index contributed by atoms with van der Waals surface area (Å²) in [7, 11) is -3.55. The maximum Gasteiger partial charge on any atom is 0.240 e. The number of nitrogens with one attached hydrogen (secondary N) is 3. The number of benzene rings is 2. The van der Waals surface area contributed by atoms with Crippen LogP contribution in [0.3, 0.4) is 0 Å². The molecule has 5 rings (SSSR count). The van der Waals surface area contributed by atoms with Crippen molar-refractivity contribution in [3.8, 4) is 5.75 Å². The van der Waals surface area contributed by atoms with Gasteiger partial charge >= 0.3 is 0 Å². The number of rotatable bonds is 9. The highest BCUT2D eigenvalue weighted by Gasteiger charge is 2.24. The number of H-pyrrole nitrogens is 1. The van der Waals surface area contributed by atoms with E-state index in [1.807, 2.05) is 6.07 Å². The number of aromatic amines is 1. The van der Waals surface area contributed by atoms with Gasteiger partial charge in [-0.05, 0) is 67.5 Å². The number of sulfonamides is 1. The largest absolute Gasteiger partial charge is 0.494 e. The van der Waals surface area contributed by atoms with E-state index in [2.05, 4.69) is 38.1 Å². The summed E-state index contributed by atoms with van der Waals surface area (Å²) in [5.41, 5.74) is 3.80. The van der Waals surface area contributed by atoms with Crippen LogP contribution in [0.5, 0.6) is 5.75 Å². The van der Waals surface area contributed by atoms with Gasteiger partial charge in [0.1, 0.15) is 5.75 Å². The van der Waals surface area contributed by atoms with Crippen molar-refractivity contribution in [2.45, 2.75) is 30.6 Å². The lowest BCUT2D eigenvalue weighted by Crippen LogP contribution is -2.43. The van der Waals surface area contributed by atoms with Crippen molar-refractivity contribution in [2.75, 3.05) is 45.9 Å². The molecule has 0 bridgehead atoms. The minimum Gasteiger partial charge on any atom is -0.494 e. The van der Waals surface area contributed by atoms with Crippen molar-refractivity contribution in [1.82, 2.24) is 19.9 Å². The fourth-order valence-corrected chi connectivity index (χ4v) is 6.17. The van der Waals surface area contributed by atoms with E-state index >= 15 is 0 Å². The Morgan fingerprint density at radius 1 is 1.06 bits per heavy atom. The van der Waals surface area contributed by atoms with Crippen molar-refractivity contribution in [3.63, 3.8) is 0 Å². The number of hydrogen-bond acceptors (Lipinski definition) is 5. The van der Waals surface area contributed by atoms with Crippen LogP contribution in [0.1, 0.15) is 24.1 Å². The lowest BCUT2D eigenvalue weighted by atomic mass is 9.86. The highest BCUT2D eigenvalue weighted by molar-refractivity contribution is 7.89. The Balaban J connectivity index is 1.11. The van der Waals surface area contributed by atoms with Gasteiger partial charge in [0.2, 0.25) is 10.0 Å². The number of nitrogens with zero attached hydrogens (tertiary/aromatic N) is 1. The average Bonchev–Trinajstić information content (AvgIpc) is 3.24. The van der Waals surface area contributed by atoms with E-state index in [9.17, 15) is 8.42 Å². The second kappa shape index (κ2) is 10.5. The summed E-state index contributed by atoms with van der Waals surface area (Å²) in [5.74, 6) is 0.998. The van der Waals surface area contributed by atoms with Crippen LogP contribution in [-0.4, -0.2) is 64.2 Å². The third-order valence-corrected chi connectivity index (χ3v) is 8.43. The van der Waals surface area contributed by atoms with E-state index < -0.39 is 10.0 Å². The van der Waals surface area contributed by atoms with Crippen LogP contribution in [0.2, 0.25) is 0 Å². The van der Waals surface area contributed by atoms with E-state index in [0.717, 1.165) is 58.4 Å². The number of hydrogen-bond donors (Lipinski definition) is 3. The predicted molar refractivity (Wildman–Crippen MR) is 135 cm³/mol. The molecule has 34 heavy (non-hydrogen) atoms. The molecule has 2 heterocycles. The van der Waals surface area contributed by atoms with Crippen LogP contribution >= 0.6 is 0 Å². The van der Waals surface area contributed by atoms with E-state index in [1.54, 1.807) is 24.3 Å². The van der Waals surface area contributed by atoms with Crippen LogP contribution in [0.15, 0.2) is 53.4 Å². The molecular formula is C26H34N4O3S. The Bertz CT molecular complexity index is 1200. The van der Waals surface area contributed by atoms with E-state index in [0.29, 0.717) is 24.8 Å². The van der Waals surface area contributed by atoms with Gasteiger partial charge in [-0.25, -0.2) is 13.1 Å². The highest BCUT2D eigenvalue weighted by Crippen LogP contribution is 2.31. The molecule has 1 unspecified atom stereocenters. The van der Waals surface area contributed by atoms with Gasteiger partial charge in [-0.15, -0.1) is 0 Å². The summed E-state index contributed by atoms with van der Waals surface area (Å²) in [6.07, 6.45) is 3.78. The zero-order valence-electron chi connectivity index (χ0n) is 19.6. The Morgan fingerprint density at radius 2 is 1.85 bits per heavy atom. The number of aromatic nitrogens is 1. The van der Waals surface area contributed by atoms with Gasteiger partial charge in [0, 0.05) is 55.9 Å². The summed E-state index contributed by atoms with van der Waals surface area (Å²) in [5, 5.41) is 4.61. The molecule has 0 spiro atoms. The first-order chi connectivity index (χ1) is 16.6. The maximum atomic E-state index is 12.9. The molecule has 7 nitrogen and oxygen atoms in total. The van der Waals surface area contributed by atoms with Crippen LogP contribution in [0.25, 0.3) is 10.9 Å². The van der Waals surface area contributed by atoms with Gasteiger partial charge in [0.05, 0.1) is 11.5 Å². The number of aryl methyl sites for hydroxylation is 1. The topological polar surface area (TPSA) is 86.5 Å². The molecule has 0 saturated carbocycles. The first kappa shape index (κ1) is 23.4. The lowest BCUT2D eigenvalue weighted by Gasteiger charge is -2.26. The third kappa shape index (κ3) is 5.46. The second-order valence-electron chi connectivity index (χ2n) is 9.35. The monoisotopic (exact) mass is 482 g/mol. The van der Waals surface area contributed by atoms with Gasteiger partial charge < -0.3 is 19.9 Å². The predicted octanol–water partition coefficient (Wildman–Crippen LogP) is 2.93. The van der Waals surface area contributed by atoms with Crippen molar-refractivity contribution in [2.24, 2.45) is 5.92 Å². The molecule has 3 aromatic rings.